The maximum Gasteiger partial charge on any atom is 0.191 e. The molecule has 0 fully saturated rings. The van der Waals surface area contributed by atoms with Gasteiger partial charge in [0.05, 0.1) is 18.9 Å². The summed E-state index contributed by atoms with van der Waals surface area (Å²) in [5, 5.41) is 10.9. The molecule has 2 N–H and O–H groups in total. The molecule has 1 aromatic carbocycles. The zero-order chi connectivity index (χ0) is 19.5. The van der Waals surface area contributed by atoms with Gasteiger partial charge in [-0.2, -0.15) is 0 Å². The second-order valence-corrected chi connectivity index (χ2v) is 6.65. The van der Waals surface area contributed by atoms with Crippen LogP contribution in [0.25, 0.3) is 0 Å². The SMILES string of the molecule is CCc1noc(CC)c1CNC(=NC)NCC(C)COCc1ccccc1.I. The lowest BCUT2D eigenvalue weighted by Crippen LogP contribution is -2.39. The van der Waals surface area contributed by atoms with E-state index >= 15 is 0 Å². The summed E-state index contributed by atoms with van der Waals surface area (Å²) in [5.41, 5.74) is 3.35. The number of nitrogens with zero attached hydrogens (tertiary/aromatic N) is 2. The summed E-state index contributed by atoms with van der Waals surface area (Å²) >= 11 is 0. The Hall–Kier alpha value is -1.61. The Morgan fingerprint density at radius 2 is 1.93 bits per heavy atom. The summed E-state index contributed by atoms with van der Waals surface area (Å²) in [6.07, 6.45) is 1.70. The summed E-state index contributed by atoms with van der Waals surface area (Å²) < 4.78 is 11.2. The van der Waals surface area contributed by atoms with E-state index in [-0.39, 0.29) is 24.0 Å². The summed E-state index contributed by atoms with van der Waals surface area (Å²) in [7, 11) is 1.78. The molecule has 0 saturated carbocycles. The van der Waals surface area contributed by atoms with E-state index < -0.39 is 0 Å². The van der Waals surface area contributed by atoms with E-state index in [0.29, 0.717) is 25.7 Å². The molecular formula is C21H33IN4O2. The van der Waals surface area contributed by atoms with Crippen LogP contribution < -0.4 is 10.6 Å². The summed E-state index contributed by atoms with van der Waals surface area (Å²) in [6, 6.07) is 10.2. The minimum absolute atomic E-state index is 0. The van der Waals surface area contributed by atoms with Crippen LogP contribution in [0, 0.1) is 5.92 Å². The van der Waals surface area contributed by atoms with Crippen molar-refractivity contribution in [1.82, 2.24) is 15.8 Å². The Labute approximate surface area is 185 Å². The number of ether oxygens (including phenoxy) is 1. The molecular weight excluding hydrogens is 467 g/mol. The lowest BCUT2D eigenvalue weighted by Gasteiger charge is -2.16. The topological polar surface area (TPSA) is 71.7 Å². The molecule has 1 unspecified atom stereocenters. The van der Waals surface area contributed by atoms with E-state index in [1.54, 1.807) is 7.05 Å². The number of benzene rings is 1. The van der Waals surface area contributed by atoms with E-state index in [1.807, 2.05) is 18.2 Å². The van der Waals surface area contributed by atoms with Crippen LogP contribution in [0.1, 0.15) is 43.4 Å². The molecule has 0 aliphatic heterocycles. The number of guanidine groups is 1. The molecule has 1 heterocycles. The summed E-state index contributed by atoms with van der Waals surface area (Å²) in [5.74, 6) is 2.09. The van der Waals surface area contributed by atoms with Crippen molar-refractivity contribution in [2.75, 3.05) is 20.2 Å². The van der Waals surface area contributed by atoms with Crippen molar-refractivity contribution in [3.8, 4) is 0 Å². The number of aromatic nitrogens is 1. The lowest BCUT2D eigenvalue weighted by atomic mass is 10.1. The first kappa shape index (κ1) is 24.4. The number of nitrogens with one attached hydrogen (secondary N) is 2. The largest absolute Gasteiger partial charge is 0.376 e. The van der Waals surface area contributed by atoms with Gasteiger partial charge in [0.25, 0.3) is 0 Å². The number of aryl methyl sites for hydroxylation is 2. The normalized spacial score (nSPS) is 12.4. The van der Waals surface area contributed by atoms with Crippen LogP contribution in [0.2, 0.25) is 0 Å². The van der Waals surface area contributed by atoms with Crippen molar-refractivity contribution in [3.63, 3.8) is 0 Å². The third-order valence-electron chi connectivity index (χ3n) is 4.40. The van der Waals surface area contributed by atoms with Gasteiger partial charge in [0, 0.05) is 32.1 Å². The molecule has 1 aromatic heterocycles. The van der Waals surface area contributed by atoms with Crippen LogP contribution >= 0.6 is 24.0 Å². The molecule has 7 heteroatoms. The van der Waals surface area contributed by atoms with Crippen LogP contribution in [0.15, 0.2) is 39.8 Å². The predicted molar refractivity (Wildman–Crippen MR) is 124 cm³/mol. The second kappa shape index (κ2) is 13.5. The Kier molecular flexibility index (Phi) is 11.8. The van der Waals surface area contributed by atoms with Crippen LogP contribution in [-0.2, 0) is 30.7 Å². The number of halogens is 1. The first-order valence-corrected chi connectivity index (χ1v) is 9.70. The number of hydrogen-bond donors (Lipinski definition) is 2. The fraction of sp³-hybridized carbons (Fsp3) is 0.524. The third kappa shape index (κ3) is 7.79. The first-order valence-electron chi connectivity index (χ1n) is 9.70. The molecule has 2 rings (SSSR count). The summed E-state index contributed by atoms with van der Waals surface area (Å²) in [4.78, 5) is 4.30. The molecule has 0 spiro atoms. The van der Waals surface area contributed by atoms with Crippen molar-refractivity contribution in [1.29, 1.82) is 0 Å². The number of rotatable bonds is 10. The van der Waals surface area contributed by atoms with Crippen molar-refractivity contribution in [2.24, 2.45) is 10.9 Å². The molecule has 0 radical (unpaired) electrons. The zero-order valence-electron chi connectivity index (χ0n) is 17.3. The maximum absolute atomic E-state index is 5.81. The Morgan fingerprint density at radius 3 is 2.57 bits per heavy atom. The van der Waals surface area contributed by atoms with Gasteiger partial charge in [-0.05, 0) is 17.9 Å². The highest BCUT2D eigenvalue weighted by atomic mass is 127. The van der Waals surface area contributed by atoms with Gasteiger partial charge in [0.2, 0.25) is 0 Å². The van der Waals surface area contributed by atoms with Gasteiger partial charge in [-0.15, -0.1) is 24.0 Å². The van der Waals surface area contributed by atoms with Gasteiger partial charge >= 0.3 is 0 Å². The second-order valence-electron chi connectivity index (χ2n) is 6.65. The molecule has 0 amide bonds. The van der Waals surface area contributed by atoms with E-state index in [0.717, 1.165) is 42.4 Å². The minimum Gasteiger partial charge on any atom is -0.376 e. The van der Waals surface area contributed by atoms with Gasteiger partial charge in [-0.1, -0.05) is 56.3 Å². The van der Waals surface area contributed by atoms with E-state index in [9.17, 15) is 0 Å². The van der Waals surface area contributed by atoms with Crippen molar-refractivity contribution >= 4 is 29.9 Å². The average molecular weight is 500 g/mol. The molecule has 28 heavy (non-hydrogen) atoms. The zero-order valence-corrected chi connectivity index (χ0v) is 19.7. The summed E-state index contributed by atoms with van der Waals surface area (Å²) in [6.45, 7) is 9.12. The standard InChI is InChI=1S/C21H32N4O2.HI/c1-5-19-18(20(6-2)27-25-19)13-24-21(22-4)23-12-16(3)14-26-15-17-10-8-7-9-11-17;/h7-11,16H,5-6,12-15H2,1-4H3,(H2,22,23,24);1H. The third-order valence-corrected chi connectivity index (χ3v) is 4.40. The average Bonchev–Trinajstić information content (AvgIpc) is 3.11. The van der Waals surface area contributed by atoms with Gasteiger partial charge in [0.1, 0.15) is 5.76 Å². The smallest absolute Gasteiger partial charge is 0.191 e. The number of aliphatic imine (C=N–C) groups is 1. The molecule has 6 nitrogen and oxygen atoms in total. The van der Waals surface area contributed by atoms with E-state index in [1.165, 1.54) is 5.56 Å². The Balaban J connectivity index is 0.00000392. The van der Waals surface area contributed by atoms with Crippen molar-refractivity contribution < 1.29 is 9.26 Å². The van der Waals surface area contributed by atoms with Crippen LogP contribution in [0.5, 0.6) is 0 Å². The van der Waals surface area contributed by atoms with Crippen LogP contribution in [0.3, 0.4) is 0 Å². The minimum atomic E-state index is 0. The fourth-order valence-corrected chi connectivity index (χ4v) is 2.81. The van der Waals surface area contributed by atoms with Crippen molar-refractivity contribution in [2.45, 2.75) is 46.8 Å². The molecule has 0 saturated heterocycles. The fourth-order valence-electron chi connectivity index (χ4n) is 2.81. The molecule has 156 valence electrons. The van der Waals surface area contributed by atoms with Gasteiger partial charge in [-0.3, -0.25) is 4.99 Å². The van der Waals surface area contributed by atoms with Gasteiger partial charge in [-0.25, -0.2) is 0 Å². The number of hydrogen-bond acceptors (Lipinski definition) is 4. The monoisotopic (exact) mass is 500 g/mol. The molecule has 0 bridgehead atoms. The van der Waals surface area contributed by atoms with Crippen LogP contribution in [-0.4, -0.2) is 31.3 Å². The van der Waals surface area contributed by atoms with E-state index in [4.69, 9.17) is 9.26 Å². The quantitative estimate of drug-likeness (QED) is 0.294. The lowest BCUT2D eigenvalue weighted by molar-refractivity contribution is 0.0931. The van der Waals surface area contributed by atoms with Crippen molar-refractivity contribution in [3.05, 3.63) is 52.9 Å². The van der Waals surface area contributed by atoms with Gasteiger partial charge in [0.15, 0.2) is 5.96 Å². The molecule has 2 aromatic rings. The van der Waals surface area contributed by atoms with Gasteiger partial charge < -0.3 is 19.9 Å². The molecule has 1 atom stereocenters. The Morgan fingerprint density at radius 1 is 1.18 bits per heavy atom. The maximum atomic E-state index is 5.81. The highest BCUT2D eigenvalue weighted by Gasteiger charge is 2.13. The predicted octanol–water partition coefficient (Wildman–Crippen LogP) is 3.94. The van der Waals surface area contributed by atoms with Crippen LogP contribution in [0.4, 0.5) is 0 Å². The first-order chi connectivity index (χ1) is 13.2. The molecule has 0 aliphatic rings. The highest BCUT2D eigenvalue weighted by Crippen LogP contribution is 2.15. The van der Waals surface area contributed by atoms with E-state index in [2.05, 4.69) is 53.7 Å². The Bertz CT molecular complexity index is 682. The molecule has 0 aliphatic carbocycles. The highest BCUT2D eigenvalue weighted by molar-refractivity contribution is 14.0.